The largest absolute Gasteiger partial charge is 0.329 e. The summed E-state index contributed by atoms with van der Waals surface area (Å²) >= 11 is 0. The van der Waals surface area contributed by atoms with Crippen LogP contribution in [0, 0.1) is 5.92 Å². The van der Waals surface area contributed by atoms with E-state index in [2.05, 4.69) is 35.6 Å². The molecule has 4 aromatic heterocycles. The Balaban J connectivity index is 0.852. The standard InChI is InChI=1S/C36H41F2N11O4/c1-44-31-23(4-2-5-27(31)49(36(44)53)28-10-11-29(50)42-35(28)52)20-46-16-14-45(15-17-46)19-22-6-8-24(9-7-22)48-21-26(30(43-48)32(37)38)41-34(51)25-18-40-47-13-3-12-39-33(25)47/h2-5,12-13,18,21-22,24,28,32H,6-11,14-17,19-20H2,1H3,(H,41,51)(H,42,50,52)/t22-,24-,28?. The molecule has 0 radical (unpaired) electrons. The predicted molar refractivity (Wildman–Crippen MR) is 189 cm³/mol. The summed E-state index contributed by atoms with van der Waals surface area (Å²) in [5, 5.41) is 13.3. The van der Waals surface area contributed by atoms with E-state index in [0.717, 1.165) is 69.5 Å². The predicted octanol–water partition coefficient (Wildman–Crippen LogP) is 3.30. The monoisotopic (exact) mass is 729 g/mol. The van der Waals surface area contributed by atoms with Crippen LogP contribution in [0.3, 0.4) is 0 Å². The third-order valence-electron chi connectivity index (χ3n) is 11.0. The Morgan fingerprint density at radius 1 is 1.02 bits per heavy atom. The molecule has 6 heterocycles. The maximum atomic E-state index is 14.0. The highest BCUT2D eigenvalue weighted by atomic mass is 19.3. The second-order valence-electron chi connectivity index (χ2n) is 14.3. The molecule has 2 N–H and O–H groups in total. The van der Waals surface area contributed by atoms with Gasteiger partial charge >= 0.3 is 5.69 Å². The van der Waals surface area contributed by atoms with Crippen LogP contribution in [0.15, 0.2) is 53.8 Å². The van der Waals surface area contributed by atoms with E-state index in [0.29, 0.717) is 30.0 Å². The molecule has 17 heteroatoms. The van der Waals surface area contributed by atoms with Gasteiger partial charge in [-0.1, -0.05) is 12.1 Å². The number of para-hydroxylation sites is 1. The summed E-state index contributed by atoms with van der Waals surface area (Å²) in [5.41, 5.74) is 2.31. The number of anilines is 1. The summed E-state index contributed by atoms with van der Waals surface area (Å²) in [4.78, 5) is 59.8. The van der Waals surface area contributed by atoms with Crippen molar-refractivity contribution in [3.05, 3.63) is 76.4 Å². The number of piperidine rings is 1. The van der Waals surface area contributed by atoms with Crippen LogP contribution in [-0.4, -0.2) is 93.8 Å². The molecule has 2 saturated heterocycles. The molecule has 3 fully saturated rings. The lowest BCUT2D eigenvalue weighted by Crippen LogP contribution is -2.47. The Hall–Kier alpha value is -5.29. The number of piperazine rings is 1. The Labute approximate surface area is 302 Å². The summed E-state index contributed by atoms with van der Waals surface area (Å²) in [6.45, 7) is 5.21. The Morgan fingerprint density at radius 2 is 1.79 bits per heavy atom. The van der Waals surface area contributed by atoms with Crippen LogP contribution in [0.1, 0.15) is 78.6 Å². The maximum absolute atomic E-state index is 14.0. The van der Waals surface area contributed by atoms with E-state index >= 15 is 0 Å². The number of hydrogen-bond donors (Lipinski definition) is 2. The van der Waals surface area contributed by atoms with Crippen molar-refractivity contribution in [2.24, 2.45) is 13.0 Å². The minimum atomic E-state index is -2.85. The molecule has 1 unspecified atom stereocenters. The Morgan fingerprint density at radius 3 is 2.55 bits per heavy atom. The molecule has 5 aromatic rings. The molecule has 8 rings (SSSR count). The van der Waals surface area contributed by atoms with Crippen molar-refractivity contribution in [1.82, 2.24) is 48.6 Å². The number of imide groups is 1. The van der Waals surface area contributed by atoms with Gasteiger partial charge in [0.2, 0.25) is 11.8 Å². The first-order chi connectivity index (χ1) is 25.6. The third-order valence-corrected chi connectivity index (χ3v) is 11.0. The quantitative estimate of drug-likeness (QED) is 0.218. The molecule has 278 valence electrons. The lowest BCUT2D eigenvalue weighted by atomic mass is 9.85. The van der Waals surface area contributed by atoms with E-state index in [-0.39, 0.29) is 35.3 Å². The second-order valence-corrected chi connectivity index (χ2v) is 14.3. The van der Waals surface area contributed by atoms with Crippen molar-refractivity contribution < 1.29 is 23.2 Å². The number of alkyl halides is 2. The fourth-order valence-corrected chi connectivity index (χ4v) is 8.23. The number of fused-ring (bicyclic) bond motifs is 2. The molecule has 1 aromatic carbocycles. The SMILES string of the molecule is Cn1c(=O)n(C2CCC(=O)NC2=O)c2cccc(CN3CCN(C[C@H]4CC[C@H](n5cc(NC(=O)c6cnn7cccnc67)c(C(F)F)n5)CC4)CC3)c21. The topological polar surface area (TPSA) is 157 Å². The van der Waals surface area contributed by atoms with E-state index < -0.39 is 30.0 Å². The fraction of sp³-hybridized carbons (Fsp3) is 0.472. The number of imidazole rings is 1. The molecule has 15 nitrogen and oxygen atoms in total. The Bertz CT molecular complexity index is 2240. The zero-order valence-corrected chi connectivity index (χ0v) is 29.3. The van der Waals surface area contributed by atoms with E-state index in [1.165, 1.54) is 27.7 Å². The van der Waals surface area contributed by atoms with E-state index in [9.17, 15) is 28.0 Å². The van der Waals surface area contributed by atoms with Crippen molar-refractivity contribution in [2.75, 3.05) is 38.0 Å². The molecule has 0 spiro atoms. The molecule has 1 aliphatic carbocycles. The van der Waals surface area contributed by atoms with Crippen LogP contribution in [-0.2, 0) is 23.2 Å². The summed E-state index contributed by atoms with van der Waals surface area (Å²) in [7, 11) is 1.73. The lowest BCUT2D eigenvalue weighted by molar-refractivity contribution is -0.135. The number of nitrogens with one attached hydrogen (secondary N) is 2. The summed E-state index contributed by atoms with van der Waals surface area (Å²) in [6.07, 6.45) is 7.23. The van der Waals surface area contributed by atoms with Gasteiger partial charge < -0.3 is 10.2 Å². The van der Waals surface area contributed by atoms with Crippen LogP contribution in [0.2, 0.25) is 0 Å². The molecule has 3 aliphatic rings. The maximum Gasteiger partial charge on any atom is 0.329 e. The highest BCUT2D eigenvalue weighted by molar-refractivity contribution is 6.08. The lowest BCUT2D eigenvalue weighted by Gasteiger charge is -2.38. The van der Waals surface area contributed by atoms with Gasteiger partial charge in [-0.15, -0.1) is 0 Å². The molecule has 0 bridgehead atoms. The van der Waals surface area contributed by atoms with Crippen molar-refractivity contribution >= 4 is 40.1 Å². The Kier molecular flexibility index (Phi) is 9.36. The number of halogens is 2. The highest BCUT2D eigenvalue weighted by Gasteiger charge is 2.33. The van der Waals surface area contributed by atoms with Crippen LogP contribution < -0.4 is 16.3 Å². The molecule has 53 heavy (non-hydrogen) atoms. The van der Waals surface area contributed by atoms with Crippen LogP contribution >= 0.6 is 0 Å². The summed E-state index contributed by atoms with van der Waals surface area (Å²) < 4.78 is 34.2. The summed E-state index contributed by atoms with van der Waals surface area (Å²) in [5.74, 6) is -0.845. The minimum absolute atomic E-state index is 0.00869. The average Bonchev–Trinajstić information content (AvgIpc) is 3.85. The first-order valence-corrected chi connectivity index (χ1v) is 18.1. The van der Waals surface area contributed by atoms with Gasteiger partial charge in [-0.05, 0) is 55.7 Å². The smallest absolute Gasteiger partial charge is 0.319 e. The first-order valence-electron chi connectivity index (χ1n) is 18.1. The number of amides is 3. The number of carbonyl (C=O) groups is 3. The molecular formula is C36H41F2N11O4. The number of carbonyl (C=O) groups excluding carboxylic acids is 3. The number of aryl methyl sites for hydroxylation is 1. The fourth-order valence-electron chi connectivity index (χ4n) is 8.23. The second kappa shape index (κ2) is 14.3. The average molecular weight is 730 g/mol. The van der Waals surface area contributed by atoms with Gasteiger partial charge in [0.05, 0.1) is 29.0 Å². The van der Waals surface area contributed by atoms with Gasteiger partial charge in [-0.25, -0.2) is 23.1 Å². The number of hydrogen-bond acceptors (Lipinski definition) is 9. The summed E-state index contributed by atoms with van der Waals surface area (Å²) in [6, 6.07) is 6.74. The zero-order chi connectivity index (χ0) is 36.8. The number of benzene rings is 1. The number of aromatic nitrogens is 7. The first kappa shape index (κ1) is 34.8. The molecule has 1 atom stereocenters. The zero-order valence-electron chi connectivity index (χ0n) is 29.3. The van der Waals surface area contributed by atoms with E-state index in [1.807, 2.05) is 18.2 Å². The van der Waals surface area contributed by atoms with Crippen molar-refractivity contribution in [3.8, 4) is 0 Å². The van der Waals surface area contributed by atoms with Crippen molar-refractivity contribution in [2.45, 2.75) is 63.6 Å². The van der Waals surface area contributed by atoms with E-state index in [4.69, 9.17) is 0 Å². The van der Waals surface area contributed by atoms with Crippen molar-refractivity contribution in [1.29, 1.82) is 0 Å². The van der Waals surface area contributed by atoms with Gasteiger partial charge in [0.25, 0.3) is 12.3 Å². The normalized spacial score (nSPS) is 21.8. The van der Waals surface area contributed by atoms with Crippen LogP contribution in [0.4, 0.5) is 14.5 Å². The van der Waals surface area contributed by atoms with Gasteiger partial charge in [0, 0.05) is 71.3 Å². The number of nitrogens with zero attached hydrogens (tertiary/aromatic N) is 9. The van der Waals surface area contributed by atoms with Crippen LogP contribution in [0.25, 0.3) is 16.7 Å². The molecular weight excluding hydrogens is 688 g/mol. The van der Waals surface area contributed by atoms with E-state index in [1.54, 1.807) is 28.6 Å². The third kappa shape index (κ3) is 6.74. The van der Waals surface area contributed by atoms with Gasteiger partial charge in [-0.2, -0.15) is 10.2 Å². The molecule has 3 amide bonds. The molecule has 1 saturated carbocycles. The molecule has 2 aliphatic heterocycles. The highest BCUT2D eigenvalue weighted by Crippen LogP contribution is 2.35. The minimum Gasteiger partial charge on any atom is -0.319 e. The van der Waals surface area contributed by atoms with Gasteiger partial charge in [0.15, 0.2) is 11.3 Å². The van der Waals surface area contributed by atoms with Crippen LogP contribution in [0.5, 0.6) is 0 Å². The van der Waals surface area contributed by atoms with Crippen molar-refractivity contribution in [3.63, 3.8) is 0 Å². The van der Waals surface area contributed by atoms with Gasteiger partial charge in [0.1, 0.15) is 11.6 Å². The number of rotatable bonds is 9. The van der Waals surface area contributed by atoms with Gasteiger partial charge in [-0.3, -0.25) is 38.4 Å².